The summed E-state index contributed by atoms with van der Waals surface area (Å²) in [4.78, 5) is 12.4. The SMILES string of the molecule is CCn1c(SCC(=O)NC(C)c2ccc(Cl)c(Cl)c2)nnc1-c1ccccc1. The zero-order chi connectivity index (χ0) is 20.1. The standard InChI is InChI=1S/C20H20Cl2N4OS/c1-3-26-19(14-7-5-4-6-8-14)24-25-20(26)28-12-18(27)23-13(2)15-9-10-16(21)17(22)11-15/h4-11,13H,3,12H2,1-2H3,(H,23,27). The molecular weight excluding hydrogens is 415 g/mol. The van der Waals surface area contributed by atoms with Crippen LogP contribution in [0.3, 0.4) is 0 Å². The van der Waals surface area contributed by atoms with Gasteiger partial charge in [0.1, 0.15) is 0 Å². The Morgan fingerprint density at radius 2 is 1.89 bits per heavy atom. The van der Waals surface area contributed by atoms with Crippen molar-refractivity contribution in [2.24, 2.45) is 0 Å². The van der Waals surface area contributed by atoms with Crippen molar-refractivity contribution in [3.63, 3.8) is 0 Å². The predicted molar refractivity (Wildman–Crippen MR) is 115 cm³/mol. The Hall–Kier alpha value is -2.02. The lowest BCUT2D eigenvalue weighted by molar-refractivity contribution is -0.119. The van der Waals surface area contributed by atoms with Gasteiger partial charge < -0.3 is 9.88 Å². The molecule has 0 spiro atoms. The second-order valence-corrected chi connectivity index (χ2v) is 7.92. The minimum absolute atomic E-state index is 0.0875. The van der Waals surface area contributed by atoms with Gasteiger partial charge in [-0.3, -0.25) is 4.79 Å². The van der Waals surface area contributed by atoms with E-state index in [0.29, 0.717) is 10.0 Å². The molecule has 0 aliphatic heterocycles. The minimum Gasteiger partial charge on any atom is -0.349 e. The molecule has 1 amide bonds. The highest BCUT2D eigenvalue weighted by molar-refractivity contribution is 7.99. The van der Waals surface area contributed by atoms with E-state index in [-0.39, 0.29) is 17.7 Å². The monoisotopic (exact) mass is 434 g/mol. The van der Waals surface area contributed by atoms with Gasteiger partial charge >= 0.3 is 0 Å². The summed E-state index contributed by atoms with van der Waals surface area (Å²) in [6.07, 6.45) is 0. The van der Waals surface area contributed by atoms with Crippen LogP contribution in [0.25, 0.3) is 11.4 Å². The third-order valence-electron chi connectivity index (χ3n) is 4.22. The lowest BCUT2D eigenvalue weighted by Gasteiger charge is -2.15. The smallest absolute Gasteiger partial charge is 0.230 e. The van der Waals surface area contributed by atoms with Gasteiger partial charge in [-0.05, 0) is 31.5 Å². The number of nitrogens with zero attached hydrogens (tertiary/aromatic N) is 3. The molecule has 1 unspecified atom stereocenters. The number of benzene rings is 2. The molecule has 8 heteroatoms. The highest BCUT2D eigenvalue weighted by atomic mass is 35.5. The summed E-state index contributed by atoms with van der Waals surface area (Å²) < 4.78 is 2.01. The van der Waals surface area contributed by atoms with Crippen LogP contribution in [-0.2, 0) is 11.3 Å². The van der Waals surface area contributed by atoms with Crippen molar-refractivity contribution in [3.8, 4) is 11.4 Å². The molecule has 1 aromatic heterocycles. The van der Waals surface area contributed by atoms with Crippen LogP contribution in [0.2, 0.25) is 10.0 Å². The van der Waals surface area contributed by atoms with Gasteiger partial charge in [0.2, 0.25) is 5.91 Å². The molecule has 28 heavy (non-hydrogen) atoms. The maximum atomic E-state index is 12.4. The van der Waals surface area contributed by atoms with Gasteiger partial charge in [-0.2, -0.15) is 0 Å². The first-order valence-electron chi connectivity index (χ1n) is 8.85. The van der Waals surface area contributed by atoms with E-state index in [4.69, 9.17) is 23.2 Å². The zero-order valence-corrected chi connectivity index (χ0v) is 17.9. The molecule has 0 radical (unpaired) electrons. The van der Waals surface area contributed by atoms with Crippen LogP contribution in [0.15, 0.2) is 53.7 Å². The van der Waals surface area contributed by atoms with Crippen LogP contribution in [0.4, 0.5) is 0 Å². The molecule has 5 nitrogen and oxygen atoms in total. The molecule has 0 fully saturated rings. The summed E-state index contributed by atoms with van der Waals surface area (Å²) >= 11 is 13.4. The quantitative estimate of drug-likeness (QED) is 0.516. The number of hydrogen-bond acceptors (Lipinski definition) is 4. The van der Waals surface area contributed by atoms with Crippen LogP contribution in [0, 0.1) is 0 Å². The molecule has 3 rings (SSSR count). The van der Waals surface area contributed by atoms with E-state index in [1.165, 1.54) is 11.8 Å². The Kier molecular flexibility index (Phi) is 6.99. The normalized spacial score (nSPS) is 12.0. The van der Waals surface area contributed by atoms with E-state index in [9.17, 15) is 4.79 Å². The molecule has 1 atom stereocenters. The lowest BCUT2D eigenvalue weighted by Crippen LogP contribution is -2.28. The highest BCUT2D eigenvalue weighted by Crippen LogP contribution is 2.26. The second kappa shape index (κ2) is 9.45. The molecule has 0 aliphatic carbocycles. The zero-order valence-electron chi connectivity index (χ0n) is 15.5. The van der Waals surface area contributed by atoms with Crippen LogP contribution in [-0.4, -0.2) is 26.4 Å². The molecule has 0 aliphatic rings. The third kappa shape index (κ3) is 4.87. The van der Waals surface area contributed by atoms with Gasteiger partial charge in [0.15, 0.2) is 11.0 Å². The summed E-state index contributed by atoms with van der Waals surface area (Å²) in [5, 5.41) is 13.2. The Balaban J connectivity index is 1.63. The largest absolute Gasteiger partial charge is 0.349 e. The average molecular weight is 435 g/mol. The Bertz CT molecular complexity index is 962. The number of thioether (sulfide) groups is 1. The van der Waals surface area contributed by atoms with Crippen molar-refractivity contribution < 1.29 is 4.79 Å². The topological polar surface area (TPSA) is 59.8 Å². The van der Waals surface area contributed by atoms with Crippen LogP contribution in [0.5, 0.6) is 0 Å². The highest BCUT2D eigenvalue weighted by Gasteiger charge is 2.16. The van der Waals surface area contributed by atoms with Crippen molar-refractivity contribution in [3.05, 3.63) is 64.1 Å². The van der Waals surface area contributed by atoms with Crippen molar-refractivity contribution in [1.29, 1.82) is 0 Å². The average Bonchev–Trinajstić information content (AvgIpc) is 3.12. The number of carbonyl (C=O) groups excluding carboxylic acids is 1. The van der Waals surface area contributed by atoms with Gasteiger partial charge in [0, 0.05) is 12.1 Å². The van der Waals surface area contributed by atoms with E-state index in [0.717, 1.165) is 28.7 Å². The van der Waals surface area contributed by atoms with Crippen molar-refractivity contribution in [2.45, 2.75) is 31.6 Å². The number of halogens is 2. The number of nitrogens with one attached hydrogen (secondary N) is 1. The number of hydrogen-bond donors (Lipinski definition) is 1. The Labute approximate surface area is 178 Å². The fraction of sp³-hybridized carbons (Fsp3) is 0.250. The summed E-state index contributed by atoms with van der Waals surface area (Å²) in [5.74, 6) is 0.962. The minimum atomic E-state index is -0.174. The molecule has 1 N–H and O–H groups in total. The molecule has 0 bridgehead atoms. The van der Waals surface area contributed by atoms with Crippen LogP contribution < -0.4 is 5.32 Å². The van der Waals surface area contributed by atoms with Crippen LogP contribution in [0.1, 0.15) is 25.5 Å². The lowest BCUT2D eigenvalue weighted by atomic mass is 10.1. The molecule has 0 saturated carbocycles. The second-order valence-electron chi connectivity index (χ2n) is 6.17. The van der Waals surface area contributed by atoms with E-state index < -0.39 is 0 Å². The van der Waals surface area contributed by atoms with Gasteiger partial charge in [0.05, 0.1) is 21.8 Å². The fourth-order valence-corrected chi connectivity index (χ4v) is 3.88. The van der Waals surface area contributed by atoms with E-state index in [2.05, 4.69) is 15.5 Å². The van der Waals surface area contributed by atoms with Gasteiger partial charge in [-0.15, -0.1) is 10.2 Å². The van der Waals surface area contributed by atoms with Crippen molar-refractivity contribution >= 4 is 40.9 Å². The summed E-state index contributed by atoms with van der Waals surface area (Å²) in [6, 6.07) is 15.1. The fourth-order valence-electron chi connectivity index (χ4n) is 2.76. The third-order valence-corrected chi connectivity index (χ3v) is 5.92. The summed E-state index contributed by atoms with van der Waals surface area (Å²) in [6.45, 7) is 4.66. The van der Waals surface area contributed by atoms with E-state index >= 15 is 0 Å². The molecule has 2 aromatic carbocycles. The molecule has 0 saturated heterocycles. The molecule has 3 aromatic rings. The Morgan fingerprint density at radius 3 is 2.57 bits per heavy atom. The Morgan fingerprint density at radius 1 is 1.14 bits per heavy atom. The molecular formula is C20H20Cl2N4OS. The molecule has 146 valence electrons. The first-order chi connectivity index (χ1) is 13.5. The number of carbonyl (C=O) groups is 1. The van der Waals surface area contributed by atoms with E-state index in [1.54, 1.807) is 12.1 Å². The number of amides is 1. The summed E-state index contributed by atoms with van der Waals surface area (Å²) in [7, 11) is 0. The van der Waals surface area contributed by atoms with Crippen LogP contribution >= 0.6 is 35.0 Å². The van der Waals surface area contributed by atoms with Gasteiger partial charge in [-0.1, -0.05) is 71.4 Å². The molecule has 1 heterocycles. The van der Waals surface area contributed by atoms with Gasteiger partial charge in [0.25, 0.3) is 0 Å². The maximum Gasteiger partial charge on any atom is 0.230 e. The number of aromatic nitrogens is 3. The maximum absolute atomic E-state index is 12.4. The van der Waals surface area contributed by atoms with Gasteiger partial charge in [-0.25, -0.2) is 0 Å². The van der Waals surface area contributed by atoms with E-state index in [1.807, 2.05) is 54.8 Å². The van der Waals surface area contributed by atoms with Crippen molar-refractivity contribution in [2.75, 3.05) is 5.75 Å². The number of rotatable bonds is 7. The van der Waals surface area contributed by atoms with Crippen molar-refractivity contribution in [1.82, 2.24) is 20.1 Å². The predicted octanol–water partition coefficient (Wildman–Crippen LogP) is 5.24. The first-order valence-corrected chi connectivity index (χ1v) is 10.6. The summed E-state index contributed by atoms with van der Waals surface area (Å²) in [5.41, 5.74) is 1.90. The first kappa shape index (κ1) is 20.7.